The van der Waals surface area contributed by atoms with Crippen molar-refractivity contribution in [1.82, 2.24) is 15.5 Å². The molecule has 1 aliphatic rings. The summed E-state index contributed by atoms with van der Waals surface area (Å²) in [6, 6.07) is 6.56. The maximum absolute atomic E-state index is 13.0. The smallest absolute Gasteiger partial charge is 0.230 e. The van der Waals surface area contributed by atoms with Crippen LogP contribution in [0.15, 0.2) is 34.1 Å². The number of anilines is 1. The first-order valence-corrected chi connectivity index (χ1v) is 9.23. The Morgan fingerprint density at radius 2 is 2.26 bits per heavy atom. The number of amides is 1. The Morgan fingerprint density at radius 3 is 3.00 bits per heavy atom. The molecule has 122 valence electrons. The van der Waals surface area contributed by atoms with E-state index in [0.29, 0.717) is 18.2 Å². The summed E-state index contributed by atoms with van der Waals surface area (Å²) in [5.41, 5.74) is 2.69. The van der Waals surface area contributed by atoms with Gasteiger partial charge in [0.1, 0.15) is 11.3 Å². The molecule has 0 saturated carbocycles. The monoisotopic (exact) mass is 352 g/mol. The predicted octanol–water partition coefficient (Wildman–Crippen LogP) is 2.41. The van der Waals surface area contributed by atoms with Crippen molar-refractivity contribution >= 4 is 34.7 Å². The van der Waals surface area contributed by atoms with E-state index in [1.165, 1.54) is 35.2 Å². The van der Waals surface area contributed by atoms with Gasteiger partial charge >= 0.3 is 0 Å². The topological polar surface area (TPSA) is 58.1 Å². The second-order valence-electron chi connectivity index (χ2n) is 5.37. The molecule has 1 atom stereocenters. The van der Waals surface area contributed by atoms with Crippen LogP contribution < -0.4 is 10.2 Å². The minimum Gasteiger partial charge on any atom is -0.371 e. The molecule has 8 heteroatoms. The Bertz CT molecular complexity index is 635. The molecule has 1 fully saturated rings. The van der Waals surface area contributed by atoms with Gasteiger partial charge in [-0.05, 0) is 36.6 Å². The third-order valence-corrected chi connectivity index (χ3v) is 5.59. The molecule has 0 aliphatic carbocycles. The molecule has 1 saturated heterocycles. The Balaban J connectivity index is 1.39. The molecule has 5 nitrogen and oxygen atoms in total. The quantitative estimate of drug-likeness (QED) is 0.809. The second kappa shape index (κ2) is 7.74. The normalized spacial score (nSPS) is 17.4. The van der Waals surface area contributed by atoms with Crippen molar-refractivity contribution in [2.45, 2.75) is 10.8 Å². The summed E-state index contributed by atoms with van der Waals surface area (Å²) in [4.78, 5) is 14.1. The van der Waals surface area contributed by atoms with Gasteiger partial charge in [-0.2, -0.15) is 0 Å². The van der Waals surface area contributed by atoms with E-state index >= 15 is 0 Å². The van der Waals surface area contributed by atoms with Gasteiger partial charge in [0.2, 0.25) is 5.91 Å². The standard InChI is InChI=1S/C15H17FN4OS2/c16-12-1-3-13(4-2-12)20-6-5-11(8-20)7-17-14(21)9-22-15-19-18-10-23-15/h1-4,10-11H,5-9H2,(H,17,21). The van der Waals surface area contributed by atoms with Crippen molar-refractivity contribution in [2.24, 2.45) is 5.92 Å². The average Bonchev–Trinajstić information content (AvgIpc) is 3.23. The molecule has 1 unspecified atom stereocenters. The fourth-order valence-corrected chi connectivity index (χ4v) is 3.87. The molecule has 0 bridgehead atoms. The van der Waals surface area contributed by atoms with E-state index in [4.69, 9.17) is 0 Å². The van der Waals surface area contributed by atoms with Crippen LogP contribution in [0.1, 0.15) is 6.42 Å². The number of carbonyl (C=O) groups is 1. The Labute approximate surface area is 142 Å². The van der Waals surface area contributed by atoms with E-state index in [1.807, 2.05) is 0 Å². The summed E-state index contributed by atoms with van der Waals surface area (Å²) < 4.78 is 13.8. The number of nitrogens with one attached hydrogen (secondary N) is 1. The van der Waals surface area contributed by atoms with Gasteiger partial charge < -0.3 is 10.2 Å². The number of aromatic nitrogens is 2. The fraction of sp³-hybridized carbons (Fsp3) is 0.400. The van der Waals surface area contributed by atoms with Crippen LogP contribution in [0.2, 0.25) is 0 Å². The molecular weight excluding hydrogens is 335 g/mol. The van der Waals surface area contributed by atoms with Gasteiger partial charge in [-0.1, -0.05) is 23.1 Å². The summed E-state index contributed by atoms with van der Waals surface area (Å²) in [6.45, 7) is 2.49. The SMILES string of the molecule is O=C(CSc1nncs1)NCC1CCN(c2ccc(F)cc2)C1. The predicted molar refractivity (Wildman–Crippen MR) is 90.4 cm³/mol. The average molecular weight is 352 g/mol. The lowest BCUT2D eigenvalue weighted by Crippen LogP contribution is -2.32. The lowest BCUT2D eigenvalue weighted by molar-refractivity contribution is -0.118. The van der Waals surface area contributed by atoms with Crippen molar-refractivity contribution in [1.29, 1.82) is 0 Å². The van der Waals surface area contributed by atoms with Crippen LogP contribution in [0, 0.1) is 11.7 Å². The second-order valence-corrected chi connectivity index (χ2v) is 7.43. The van der Waals surface area contributed by atoms with Crippen molar-refractivity contribution in [2.75, 3.05) is 30.3 Å². The molecule has 1 aromatic heterocycles. The number of nitrogens with zero attached hydrogens (tertiary/aromatic N) is 3. The van der Waals surface area contributed by atoms with Crippen LogP contribution in [0.3, 0.4) is 0 Å². The van der Waals surface area contributed by atoms with E-state index < -0.39 is 0 Å². The third-order valence-electron chi connectivity index (χ3n) is 3.73. The van der Waals surface area contributed by atoms with Crippen LogP contribution in [0.5, 0.6) is 0 Å². The zero-order valence-electron chi connectivity index (χ0n) is 12.4. The molecule has 1 aromatic carbocycles. The minimum atomic E-state index is -0.218. The molecule has 0 spiro atoms. The van der Waals surface area contributed by atoms with Crippen LogP contribution in [0.25, 0.3) is 0 Å². The third kappa shape index (κ3) is 4.65. The summed E-state index contributed by atoms with van der Waals surface area (Å²) in [5.74, 6) is 0.592. The van der Waals surface area contributed by atoms with E-state index in [2.05, 4.69) is 20.4 Å². The summed E-state index contributed by atoms with van der Waals surface area (Å²) in [5, 5.41) is 10.6. The lowest BCUT2D eigenvalue weighted by Gasteiger charge is -2.18. The Morgan fingerprint density at radius 1 is 1.43 bits per heavy atom. The highest BCUT2D eigenvalue weighted by molar-refractivity contribution is 8.01. The Hall–Kier alpha value is -1.67. The first kappa shape index (κ1) is 16.2. The minimum absolute atomic E-state index is 0.0189. The van der Waals surface area contributed by atoms with Gasteiger partial charge in [0, 0.05) is 25.3 Å². The van der Waals surface area contributed by atoms with Gasteiger partial charge in [-0.15, -0.1) is 10.2 Å². The molecule has 1 aliphatic heterocycles. The van der Waals surface area contributed by atoms with Gasteiger partial charge in [0.25, 0.3) is 0 Å². The highest BCUT2D eigenvalue weighted by Crippen LogP contribution is 2.23. The molecule has 1 amide bonds. The molecule has 2 heterocycles. The zero-order chi connectivity index (χ0) is 16.1. The molecule has 23 heavy (non-hydrogen) atoms. The number of thioether (sulfide) groups is 1. The fourth-order valence-electron chi connectivity index (χ4n) is 2.55. The summed E-state index contributed by atoms with van der Waals surface area (Å²) in [7, 11) is 0. The van der Waals surface area contributed by atoms with Crippen molar-refractivity contribution in [3.63, 3.8) is 0 Å². The molecule has 1 N–H and O–H groups in total. The Kier molecular flexibility index (Phi) is 5.45. The van der Waals surface area contributed by atoms with E-state index in [9.17, 15) is 9.18 Å². The van der Waals surface area contributed by atoms with Crippen LogP contribution in [0.4, 0.5) is 10.1 Å². The van der Waals surface area contributed by atoms with E-state index in [-0.39, 0.29) is 11.7 Å². The highest BCUT2D eigenvalue weighted by atomic mass is 32.2. The number of benzene rings is 1. The number of hydrogen-bond donors (Lipinski definition) is 1. The molecule has 0 radical (unpaired) electrons. The van der Waals surface area contributed by atoms with Crippen LogP contribution in [-0.2, 0) is 4.79 Å². The maximum atomic E-state index is 13.0. The number of carbonyl (C=O) groups excluding carboxylic acids is 1. The number of hydrogen-bond acceptors (Lipinski definition) is 6. The largest absolute Gasteiger partial charge is 0.371 e. The van der Waals surface area contributed by atoms with Crippen molar-refractivity contribution in [3.05, 3.63) is 35.6 Å². The highest BCUT2D eigenvalue weighted by Gasteiger charge is 2.23. The summed E-state index contributed by atoms with van der Waals surface area (Å²) >= 11 is 2.84. The van der Waals surface area contributed by atoms with Crippen LogP contribution in [-0.4, -0.2) is 41.5 Å². The first-order valence-electron chi connectivity index (χ1n) is 7.37. The lowest BCUT2D eigenvalue weighted by atomic mass is 10.1. The van der Waals surface area contributed by atoms with E-state index in [1.54, 1.807) is 17.6 Å². The van der Waals surface area contributed by atoms with Gasteiger partial charge in [-0.3, -0.25) is 4.79 Å². The zero-order valence-corrected chi connectivity index (χ0v) is 14.1. The number of rotatable bonds is 6. The van der Waals surface area contributed by atoms with Crippen molar-refractivity contribution < 1.29 is 9.18 Å². The van der Waals surface area contributed by atoms with Gasteiger partial charge in [0.05, 0.1) is 5.75 Å². The molecule has 3 rings (SSSR count). The molecular formula is C15H17FN4OS2. The van der Waals surface area contributed by atoms with Gasteiger partial charge in [0.15, 0.2) is 4.34 Å². The van der Waals surface area contributed by atoms with Crippen LogP contribution >= 0.6 is 23.1 Å². The van der Waals surface area contributed by atoms with Gasteiger partial charge in [-0.25, -0.2) is 4.39 Å². The maximum Gasteiger partial charge on any atom is 0.230 e. The van der Waals surface area contributed by atoms with E-state index in [0.717, 1.165) is 29.5 Å². The van der Waals surface area contributed by atoms with Crippen molar-refractivity contribution in [3.8, 4) is 0 Å². The number of halogens is 1. The summed E-state index contributed by atoms with van der Waals surface area (Å²) in [6.07, 6.45) is 1.03. The first-order chi connectivity index (χ1) is 11.2. The molecule has 2 aromatic rings.